The first kappa shape index (κ1) is 10.7. The van der Waals surface area contributed by atoms with E-state index in [1.165, 1.54) is 0 Å². The van der Waals surface area contributed by atoms with Crippen molar-refractivity contribution in [2.75, 3.05) is 7.11 Å². The van der Waals surface area contributed by atoms with Crippen molar-refractivity contribution in [2.24, 2.45) is 0 Å². The Morgan fingerprint density at radius 3 is 2.81 bits per heavy atom. The van der Waals surface area contributed by atoms with Gasteiger partial charge in [-0.15, -0.1) is 0 Å². The maximum Gasteiger partial charge on any atom is 0.139 e. The Kier molecular flexibility index (Phi) is 2.92. The van der Waals surface area contributed by atoms with E-state index in [1.54, 1.807) is 14.0 Å². The number of hydrogen-bond donors (Lipinski definition) is 1. The lowest BCUT2D eigenvalue weighted by Crippen LogP contribution is -1.92. The van der Waals surface area contributed by atoms with Gasteiger partial charge in [-0.3, -0.25) is 0 Å². The van der Waals surface area contributed by atoms with Crippen LogP contribution in [0, 0.1) is 6.92 Å². The fraction of sp³-hybridized carbons (Fsp3) is 0.250. The maximum atomic E-state index is 9.27. The number of aliphatic hydroxyl groups excluding tert-OH is 1. The number of hydrogen-bond acceptors (Lipinski definition) is 4. The van der Waals surface area contributed by atoms with Gasteiger partial charge in [0.1, 0.15) is 17.2 Å². The molecule has 2 aromatic rings. The van der Waals surface area contributed by atoms with Crippen molar-refractivity contribution in [3.63, 3.8) is 0 Å². The van der Waals surface area contributed by atoms with Gasteiger partial charge in [0.05, 0.1) is 13.7 Å². The summed E-state index contributed by atoms with van der Waals surface area (Å²) in [6, 6.07) is 7.51. The number of ether oxygens (including phenoxy) is 1. The molecule has 0 fully saturated rings. The van der Waals surface area contributed by atoms with Gasteiger partial charge in [-0.1, -0.05) is 17.3 Å². The van der Waals surface area contributed by atoms with Crippen LogP contribution in [0.25, 0.3) is 11.3 Å². The van der Waals surface area contributed by atoms with Crippen molar-refractivity contribution in [3.05, 3.63) is 35.6 Å². The Balaban J connectivity index is 2.58. The molecule has 4 nitrogen and oxygen atoms in total. The predicted molar refractivity (Wildman–Crippen MR) is 59.2 cm³/mol. The molecule has 1 aromatic carbocycles. The highest BCUT2D eigenvalue weighted by molar-refractivity contribution is 5.70. The topological polar surface area (TPSA) is 55.5 Å². The van der Waals surface area contributed by atoms with Crippen LogP contribution >= 0.6 is 0 Å². The monoisotopic (exact) mass is 219 g/mol. The van der Waals surface area contributed by atoms with Crippen LogP contribution in [0.2, 0.25) is 0 Å². The molecular formula is C12H13NO3. The van der Waals surface area contributed by atoms with Gasteiger partial charge in [0.2, 0.25) is 0 Å². The standard InChI is InChI=1S/C12H13NO3/c1-8-10(7-14)12(13-16-8)9-5-3-4-6-11(9)15-2/h3-6,14H,7H2,1-2H3. The lowest BCUT2D eigenvalue weighted by molar-refractivity contribution is 0.278. The first-order valence-electron chi connectivity index (χ1n) is 4.97. The van der Waals surface area contributed by atoms with Crippen molar-refractivity contribution < 1.29 is 14.4 Å². The second-order valence-corrected chi connectivity index (χ2v) is 3.42. The molecule has 2 rings (SSSR count). The fourth-order valence-electron chi connectivity index (χ4n) is 1.63. The van der Waals surface area contributed by atoms with E-state index in [0.717, 1.165) is 5.56 Å². The molecule has 4 heteroatoms. The molecule has 84 valence electrons. The van der Waals surface area contributed by atoms with Crippen LogP contribution in [0.4, 0.5) is 0 Å². The fourth-order valence-corrected chi connectivity index (χ4v) is 1.63. The average molecular weight is 219 g/mol. The first-order valence-corrected chi connectivity index (χ1v) is 4.97. The molecule has 1 N–H and O–H groups in total. The summed E-state index contributed by atoms with van der Waals surface area (Å²) in [7, 11) is 1.60. The van der Waals surface area contributed by atoms with Gasteiger partial charge in [0, 0.05) is 11.1 Å². The zero-order chi connectivity index (χ0) is 11.5. The van der Waals surface area contributed by atoms with Crippen LogP contribution in [0.5, 0.6) is 5.75 Å². The highest BCUT2D eigenvalue weighted by Crippen LogP contribution is 2.32. The Morgan fingerprint density at radius 2 is 2.12 bits per heavy atom. The number of aromatic nitrogens is 1. The van der Waals surface area contributed by atoms with E-state index in [0.29, 0.717) is 22.8 Å². The number of benzene rings is 1. The lowest BCUT2D eigenvalue weighted by atomic mass is 10.1. The number of aliphatic hydroxyl groups is 1. The van der Waals surface area contributed by atoms with E-state index in [2.05, 4.69) is 5.16 Å². The van der Waals surface area contributed by atoms with Crippen LogP contribution in [0.15, 0.2) is 28.8 Å². The van der Waals surface area contributed by atoms with E-state index in [1.807, 2.05) is 24.3 Å². The first-order chi connectivity index (χ1) is 7.77. The quantitative estimate of drug-likeness (QED) is 0.859. The minimum atomic E-state index is -0.0945. The SMILES string of the molecule is COc1ccccc1-c1noc(C)c1CO. The molecule has 1 aromatic heterocycles. The van der Waals surface area contributed by atoms with Gasteiger partial charge in [-0.05, 0) is 19.1 Å². The zero-order valence-corrected chi connectivity index (χ0v) is 9.23. The summed E-state index contributed by atoms with van der Waals surface area (Å²) in [6.45, 7) is 1.68. The van der Waals surface area contributed by atoms with Crippen molar-refractivity contribution in [2.45, 2.75) is 13.5 Å². The van der Waals surface area contributed by atoms with Gasteiger partial charge in [-0.2, -0.15) is 0 Å². The summed E-state index contributed by atoms with van der Waals surface area (Å²) in [4.78, 5) is 0. The van der Waals surface area contributed by atoms with Crippen LogP contribution < -0.4 is 4.74 Å². The van der Waals surface area contributed by atoms with E-state index in [9.17, 15) is 5.11 Å². The van der Waals surface area contributed by atoms with Crippen LogP contribution in [-0.2, 0) is 6.61 Å². The van der Waals surface area contributed by atoms with Crippen LogP contribution in [0.3, 0.4) is 0 Å². The Hall–Kier alpha value is -1.81. The summed E-state index contributed by atoms with van der Waals surface area (Å²) in [6.07, 6.45) is 0. The molecule has 0 bridgehead atoms. The Morgan fingerprint density at radius 1 is 1.38 bits per heavy atom. The van der Waals surface area contributed by atoms with E-state index in [4.69, 9.17) is 9.26 Å². The highest BCUT2D eigenvalue weighted by atomic mass is 16.5. The molecule has 0 saturated carbocycles. The zero-order valence-electron chi connectivity index (χ0n) is 9.23. The minimum Gasteiger partial charge on any atom is -0.496 e. The molecule has 0 aliphatic rings. The number of nitrogens with zero attached hydrogens (tertiary/aromatic N) is 1. The molecule has 0 atom stereocenters. The molecule has 0 radical (unpaired) electrons. The molecule has 0 amide bonds. The normalized spacial score (nSPS) is 10.4. The third-order valence-electron chi connectivity index (χ3n) is 2.50. The summed E-state index contributed by atoms with van der Waals surface area (Å²) in [5.41, 5.74) is 2.16. The summed E-state index contributed by atoms with van der Waals surface area (Å²) in [5, 5.41) is 13.2. The van der Waals surface area contributed by atoms with Crippen molar-refractivity contribution in [1.82, 2.24) is 5.16 Å². The molecule has 1 heterocycles. The van der Waals surface area contributed by atoms with Gasteiger partial charge >= 0.3 is 0 Å². The van der Waals surface area contributed by atoms with Gasteiger partial charge in [0.25, 0.3) is 0 Å². The largest absolute Gasteiger partial charge is 0.496 e. The molecular weight excluding hydrogens is 206 g/mol. The molecule has 0 saturated heterocycles. The van der Waals surface area contributed by atoms with Crippen molar-refractivity contribution >= 4 is 0 Å². The minimum absolute atomic E-state index is 0.0945. The van der Waals surface area contributed by atoms with E-state index in [-0.39, 0.29) is 6.61 Å². The maximum absolute atomic E-state index is 9.27. The molecule has 0 unspecified atom stereocenters. The molecule has 0 aliphatic carbocycles. The van der Waals surface area contributed by atoms with Crippen LogP contribution in [-0.4, -0.2) is 17.4 Å². The number of aryl methyl sites for hydroxylation is 1. The number of methoxy groups -OCH3 is 1. The summed E-state index contributed by atoms with van der Waals surface area (Å²) < 4.78 is 10.3. The van der Waals surface area contributed by atoms with Crippen molar-refractivity contribution in [1.29, 1.82) is 0 Å². The van der Waals surface area contributed by atoms with E-state index < -0.39 is 0 Å². The van der Waals surface area contributed by atoms with Crippen molar-refractivity contribution in [3.8, 4) is 17.0 Å². The van der Waals surface area contributed by atoms with E-state index >= 15 is 0 Å². The van der Waals surface area contributed by atoms with Gasteiger partial charge in [0.15, 0.2) is 0 Å². The molecule has 0 aliphatic heterocycles. The second-order valence-electron chi connectivity index (χ2n) is 3.42. The van der Waals surface area contributed by atoms with Crippen LogP contribution in [0.1, 0.15) is 11.3 Å². The third-order valence-corrected chi connectivity index (χ3v) is 2.50. The Labute approximate surface area is 93.5 Å². The summed E-state index contributed by atoms with van der Waals surface area (Å²) in [5.74, 6) is 1.34. The average Bonchev–Trinajstić information content (AvgIpc) is 2.70. The molecule has 16 heavy (non-hydrogen) atoms. The number of rotatable bonds is 3. The third kappa shape index (κ3) is 1.67. The smallest absolute Gasteiger partial charge is 0.139 e. The second kappa shape index (κ2) is 4.37. The van der Waals surface area contributed by atoms with Gasteiger partial charge in [-0.25, -0.2) is 0 Å². The predicted octanol–water partition coefficient (Wildman–Crippen LogP) is 2.15. The Bertz CT molecular complexity index is 491. The number of para-hydroxylation sites is 1. The molecule has 0 spiro atoms. The lowest BCUT2D eigenvalue weighted by Gasteiger charge is -2.06. The summed E-state index contributed by atoms with van der Waals surface area (Å²) >= 11 is 0. The highest BCUT2D eigenvalue weighted by Gasteiger charge is 2.16. The van der Waals surface area contributed by atoms with Gasteiger partial charge < -0.3 is 14.4 Å².